The molecule has 2 amide bonds. The highest BCUT2D eigenvalue weighted by molar-refractivity contribution is 5.79. The Bertz CT molecular complexity index is 327. The lowest BCUT2D eigenvalue weighted by Crippen LogP contribution is -2.54. The first-order valence-corrected chi connectivity index (χ1v) is 6.53. The molecule has 2 rings (SSSR count). The maximum absolute atomic E-state index is 11.9. The fourth-order valence-electron chi connectivity index (χ4n) is 2.90. The lowest BCUT2D eigenvalue weighted by molar-refractivity contribution is -0.138. The van der Waals surface area contributed by atoms with E-state index in [1.54, 1.807) is 0 Å². The van der Waals surface area contributed by atoms with Gasteiger partial charge in [0.1, 0.15) is 0 Å². The second-order valence-electron chi connectivity index (χ2n) is 5.28. The lowest BCUT2D eigenvalue weighted by Gasteiger charge is -2.40. The number of nitrogens with zero attached hydrogens (tertiary/aromatic N) is 2. The quantitative estimate of drug-likeness (QED) is 0.746. The van der Waals surface area contributed by atoms with Gasteiger partial charge in [-0.1, -0.05) is 0 Å². The van der Waals surface area contributed by atoms with E-state index in [1.807, 2.05) is 16.8 Å². The third-order valence-electron chi connectivity index (χ3n) is 3.91. The summed E-state index contributed by atoms with van der Waals surface area (Å²) in [6, 6.07) is 0.361. The summed E-state index contributed by atoms with van der Waals surface area (Å²) in [7, 11) is 1.96. The van der Waals surface area contributed by atoms with Gasteiger partial charge in [-0.25, -0.2) is 4.79 Å². The van der Waals surface area contributed by atoms with Crippen LogP contribution in [0.5, 0.6) is 0 Å². The molecule has 0 bridgehead atoms. The van der Waals surface area contributed by atoms with Crippen LogP contribution in [0, 0.1) is 0 Å². The van der Waals surface area contributed by atoms with E-state index in [2.05, 4.69) is 5.32 Å². The Morgan fingerprint density at radius 3 is 2.50 bits per heavy atom. The molecule has 0 aromatic rings. The minimum atomic E-state index is -0.950. The second-order valence-corrected chi connectivity index (χ2v) is 5.28. The molecule has 1 saturated heterocycles. The van der Waals surface area contributed by atoms with Gasteiger partial charge in [0.2, 0.25) is 5.91 Å². The van der Waals surface area contributed by atoms with E-state index >= 15 is 0 Å². The highest BCUT2D eigenvalue weighted by Crippen LogP contribution is 2.24. The van der Waals surface area contributed by atoms with E-state index in [4.69, 9.17) is 5.11 Å². The van der Waals surface area contributed by atoms with Crippen molar-refractivity contribution in [1.82, 2.24) is 15.1 Å². The Morgan fingerprint density at radius 2 is 1.94 bits per heavy atom. The minimum Gasteiger partial charge on any atom is -0.465 e. The van der Waals surface area contributed by atoms with Gasteiger partial charge >= 0.3 is 6.09 Å². The Labute approximate surface area is 107 Å². The molecule has 0 atom stereocenters. The normalized spacial score (nSPS) is 30.3. The van der Waals surface area contributed by atoms with E-state index in [-0.39, 0.29) is 11.9 Å². The van der Waals surface area contributed by atoms with Crippen LogP contribution in [0.1, 0.15) is 25.7 Å². The molecule has 1 heterocycles. The van der Waals surface area contributed by atoms with Crippen molar-refractivity contribution in [2.45, 2.75) is 37.8 Å². The van der Waals surface area contributed by atoms with Crippen molar-refractivity contribution in [1.29, 1.82) is 0 Å². The van der Waals surface area contributed by atoms with Crippen molar-refractivity contribution in [3.05, 3.63) is 0 Å². The third-order valence-corrected chi connectivity index (χ3v) is 3.91. The predicted octanol–water partition coefficient (Wildman–Crippen LogP) is 0.339. The summed E-state index contributed by atoms with van der Waals surface area (Å²) in [5.41, 5.74) is 0. The van der Waals surface area contributed by atoms with Gasteiger partial charge in [0.25, 0.3) is 0 Å². The number of hydrogen-bond acceptors (Lipinski definition) is 3. The van der Waals surface area contributed by atoms with Crippen LogP contribution in [-0.4, -0.2) is 65.7 Å². The highest BCUT2D eigenvalue weighted by Gasteiger charge is 2.31. The molecule has 2 N–H and O–H groups in total. The van der Waals surface area contributed by atoms with Crippen LogP contribution in [0.4, 0.5) is 4.79 Å². The van der Waals surface area contributed by atoms with Crippen LogP contribution in [0.25, 0.3) is 0 Å². The summed E-state index contributed by atoms with van der Waals surface area (Å²) < 4.78 is 0. The number of carbonyl (C=O) groups is 2. The minimum absolute atomic E-state index is 0.0568. The number of likely N-dealkylation sites (N-methyl/N-ethyl adjacent to an activating group) is 1. The molecule has 18 heavy (non-hydrogen) atoms. The van der Waals surface area contributed by atoms with Crippen LogP contribution in [-0.2, 0) is 4.79 Å². The van der Waals surface area contributed by atoms with Gasteiger partial charge in [-0.2, -0.15) is 0 Å². The van der Waals surface area contributed by atoms with E-state index in [0.29, 0.717) is 12.6 Å². The summed E-state index contributed by atoms with van der Waals surface area (Å²) in [6.45, 7) is 2.24. The topological polar surface area (TPSA) is 72.9 Å². The summed E-state index contributed by atoms with van der Waals surface area (Å²) in [5, 5.41) is 11.2. The average Bonchev–Trinajstić information content (AvgIpc) is 2.30. The maximum atomic E-state index is 11.9. The number of piperazine rings is 1. The predicted molar refractivity (Wildman–Crippen MR) is 66.4 cm³/mol. The van der Waals surface area contributed by atoms with E-state index < -0.39 is 6.09 Å². The largest absolute Gasteiger partial charge is 0.465 e. The molecule has 1 aliphatic heterocycles. The summed E-state index contributed by atoms with van der Waals surface area (Å²) >= 11 is 0. The van der Waals surface area contributed by atoms with Crippen LogP contribution >= 0.6 is 0 Å². The lowest BCUT2D eigenvalue weighted by atomic mass is 9.90. The summed E-state index contributed by atoms with van der Waals surface area (Å²) in [5.74, 6) is 0.207. The van der Waals surface area contributed by atoms with E-state index in [9.17, 15) is 9.59 Å². The van der Waals surface area contributed by atoms with Gasteiger partial charge in [-0.3, -0.25) is 9.69 Å². The second kappa shape index (κ2) is 5.56. The van der Waals surface area contributed by atoms with Gasteiger partial charge < -0.3 is 15.3 Å². The molecule has 2 aliphatic rings. The number of nitrogens with one attached hydrogen (secondary N) is 1. The first-order chi connectivity index (χ1) is 8.56. The molecule has 6 nitrogen and oxygen atoms in total. The highest BCUT2D eigenvalue weighted by atomic mass is 16.4. The van der Waals surface area contributed by atoms with Gasteiger partial charge in [0.15, 0.2) is 0 Å². The molecule has 1 saturated carbocycles. The Hall–Kier alpha value is -1.30. The van der Waals surface area contributed by atoms with Crippen molar-refractivity contribution < 1.29 is 14.7 Å². The van der Waals surface area contributed by atoms with Crippen LogP contribution in [0.3, 0.4) is 0 Å². The molecule has 0 aromatic heterocycles. The number of hydrogen-bond donors (Lipinski definition) is 2. The molecule has 2 fully saturated rings. The fourth-order valence-corrected chi connectivity index (χ4v) is 2.90. The third kappa shape index (κ3) is 3.13. The Balaban J connectivity index is 1.82. The summed E-state index contributed by atoms with van der Waals surface area (Å²) in [4.78, 5) is 26.5. The van der Waals surface area contributed by atoms with Gasteiger partial charge in [-0.05, 0) is 32.7 Å². The smallest absolute Gasteiger partial charge is 0.404 e. The molecule has 0 radical (unpaired) electrons. The fraction of sp³-hybridized carbons (Fsp3) is 0.833. The van der Waals surface area contributed by atoms with E-state index in [0.717, 1.165) is 38.8 Å². The van der Waals surface area contributed by atoms with Crippen molar-refractivity contribution in [3.63, 3.8) is 0 Å². The molecule has 0 unspecified atom stereocenters. The maximum Gasteiger partial charge on any atom is 0.404 e. The van der Waals surface area contributed by atoms with Crippen LogP contribution in [0.15, 0.2) is 0 Å². The molecular weight excluding hydrogens is 234 g/mol. The molecule has 0 aromatic carbocycles. The zero-order chi connectivity index (χ0) is 13.1. The SMILES string of the molecule is CN1CCN(C2CCC(NC(=O)O)CC2)C(=O)C1. The number of rotatable bonds is 2. The van der Waals surface area contributed by atoms with Gasteiger partial charge in [-0.15, -0.1) is 0 Å². The standard InChI is InChI=1S/C12H21N3O3/c1-14-6-7-15(11(16)8-14)10-4-2-9(3-5-10)13-12(17)18/h9-10,13H,2-8H2,1H3,(H,17,18). The first-order valence-electron chi connectivity index (χ1n) is 6.53. The number of carboxylic acid groups (broad SMARTS) is 1. The van der Waals surface area contributed by atoms with E-state index in [1.165, 1.54) is 0 Å². The first kappa shape index (κ1) is 13.1. The monoisotopic (exact) mass is 255 g/mol. The van der Waals surface area contributed by atoms with Crippen molar-refractivity contribution in [2.75, 3.05) is 26.7 Å². The van der Waals surface area contributed by atoms with Crippen LogP contribution < -0.4 is 5.32 Å². The van der Waals surface area contributed by atoms with Crippen molar-refractivity contribution in [3.8, 4) is 0 Å². The van der Waals surface area contributed by atoms with Crippen molar-refractivity contribution >= 4 is 12.0 Å². The summed E-state index contributed by atoms with van der Waals surface area (Å²) in [6.07, 6.45) is 2.52. The molecule has 6 heteroatoms. The van der Waals surface area contributed by atoms with Gasteiger partial charge in [0, 0.05) is 25.2 Å². The zero-order valence-corrected chi connectivity index (χ0v) is 10.8. The van der Waals surface area contributed by atoms with Gasteiger partial charge in [0.05, 0.1) is 6.54 Å². The zero-order valence-electron chi connectivity index (χ0n) is 10.8. The Morgan fingerprint density at radius 1 is 1.28 bits per heavy atom. The molecule has 0 spiro atoms. The average molecular weight is 255 g/mol. The Kier molecular flexibility index (Phi) is 4.06. The van der Waals surface area contributed by atoms with Crippen LogP contribution in [0.2, 0.25) is 0 Å². The molecule has 102 valence electrons. The molecule has 1 aliphatic carbocycles. The number of amides is 2. The molecular formula is C12H21N3O3. The number of carbonyl (C=O) groups excluding carboxylic acids is 1. The van der Waals surface area contributed by atoms with Crippen molar-refractivity contribution in [2.24, 2.45) is 0 Å².